The number of hydrogen-bond acceptors (Lipinski definition) is 0. The zero-order valence-corrected chi connectivity index (χ0v) is 13.5. The van der Waals surface area contributed by atoms with Crippen molar-refractivity contribution >= 4 is 45.9 Å². The van der Waals surface area contributed by atoms with E-state index in [1.807, 2.05) is 0 Å². The van der Waals surface area contributed by atoms with Crippen LogP contribution in [0, 0.1) is 0 Å². The molecule has 1 nitrogen and oxygen atoms in total. The molecule has 0 aliphatic rings. The summed E-state index contributed by atoms with van der Waals surface area (Å²) in [4.78, 5) is 0. The molecule has 0 unspecified atom stereocenters. The van der Waals surface area contributed by atoms with Gasteiger partial charge in [0.2, 0.25) is 0 Å². The summed E-state index contributed by atoms with van der Waals surface area (Å²) < 4.78 is 2.40. The summed E-state index contributed by atoms with van der Waals surface area (Å²) in [5.74, 6) is 0. The van der Waals surface area contributed by atoms with E-state index < -0.39 is 0 Å². The van der Waals surface area contributed by atoms with Gasteiger partial charge < -0.3 is 4.57 Å². The number of benzene rings is 4. The van der Waals surface area contributed by atoms with Gasteiger partial charge in [-0.2, -0.15) is 0 Å². The highest BCUT2D eigenvalue weighted by Gasteiger charge is 2.13. The fourth-order valence-corrected chi connectivity index (χ4v) is 3.74. The smallest absolute Gasteiger partial charge is 0.139 e. The van der Waals surface area contributed by atoms with Crippen LogP contribution in [0.2, 0.25) is 0 Å². The van der Waals surface area contributed by atoms with Crippen LogP contribution in [0.4, 0.5) is 0 Å². The monoisotopic (exact) mass is 305 g/mol. The molecule has 0 aliphatic heterocycles. The fraction of sp³-hybridized carbons (Fsp3) is 0. The second kappa shape index (κ2) is 5.00. The van der Waals surface area contributed by atoms with Crippen LogP contribution in [0.15, 0.2) is 84.9 Å². The van der Waals surface area contributed by atoms with Crippen LogP contribution in [0.3, 0.4) is 0 Å². The Morgan fingerprint density at radius 1 is 0.583 bits per heavy atom. The molecular weight excluding hydrogens is 289 g/mol. The van der Waals surface area contributed by atoms with Crippen LogP contribution in [0.5, 0.6) is 0 Å². The van der Waals surface area contributed by atoms with Crippen molar-refractivity contribution in [3.63, 3.8) is 0 Å². The Kier molecular flexibility index (Phi) is 2.80. The highest BCUT2D eigenvalue weighted by Crippen LogP contribution is 2.33. The Labute approximate surface area is 141 Å². The second-order valence-corrected chi connectivity index (χ2v) is 6.37. The van der Waals surface area contributed by atoms with Crippen LogP contribution in [-0.4, -0.2) is 12.4 Å². The van der Waals surface area contributed by atoms with Crippen molar-refractivity contribution < 1.29 is 0 Å². The van der Waals surface area contributed by atoms with Crippen molar-refractivity contribution in [3.8, 4) is 5.69 Å². The molecule has 24 heavy (non-hydrogen) atoms. The molecule has 0 spiro atoms. The van der Waals surface area contributed by atoms with Crippen molar-refractivity contribution in [2.45, 2.75) is 0 Å². The summed E-state index contributed by atoms with van der Waals surface area (Å²) in [6.45, 7) is 0. The Balaban J connectivity index is 2.03. The van der Waals surface area contributed by atoms with Gasteiger partial charge in [0.1, 0.15) is 7.85 Å². The van der Waals surface area contributed by atoms with Gasteiger partial charge in [-0.1, -0.05) is 72.2 Å². The quantitative estimate of drug-likeness (QED) is 0.409. The van der Waals surface area contributed by atoms with Gasteiger partial charge in [-0.25, -0.2) is 0 Å². The van der Waals surface area contributed by atoms with Gasteiger partial charge in [0.05, 0.1) is 16.7 Å². The number of nitrogens with zero attached hydrogens (tertiary/aromatic N) is 1. The molecule has 0 aliphatic carbocycles. The van der Waals surface area contributed by atoms with E-state index in [1.165, 1.54) is 43.7 Å². The highest BCUT2D eigenvalue weighted by atomic mass is 15.0. The third kappa shape index (κ3) is 1.83. The molecule has 1 aromatic heterocycles. The van der Waals surface area contributed by atoms with E-state index in [2.05, 4.69) is 97.3 Å². The summed E-state index contributed by atoms with van der Waals surface area (Å²) >= 11 is 0. The third-order valence-corrected chi connectivity index (χ3v) is 4.84. The molecule has 2 heteroatoms. The maximum Gasteiger partial charge on any atom is 0.139 e. The molecule has 0 saturated heterocycles. The molecule has 0 amide bonds. The molecule has 1 heterocycles. The zero-order chi connectivity index (χ0) is 16.1. The lowest BCUT2D eigenvalue weighted by molar-refractivity contribution is 1.20. The van der Waals surface area contributed by atoms with Gasteiger partial charge in [-0.15, -0.1) is 0 Å². The fourth-order valence-electron chi connectivity index (χ4n) is 3.74. The molecular formula is C22H16BN. The largest absolute Gasteiger partial charge is 0.309 e. The van der Waals surface area contributed by atoms with E-state index in [0.29, 0.717) is 0 Å². The van der Waals surface area contributed by atoms with Gasteiger partial charge in [0.15, 0.2) is 0 Å². The summed E-state index contributed by atoms with van der Waals surface area (Å²) in [7, 11) is 2.16. The van der Waals surface area contributed by atoms with Crippen molar-refractivity contribution in [2.75, 3.05) is 0 Å². The first kappa shape index (κ1) is 13.4. The molecule has 0 radical (unpaired) electrons. The predicted octanol–water partition coefficient (Wildman–Crippen LogP) is 4.20. The summed E-state index contributed by atoms with van der Waals surface area (Å²) in [5.41, 5.74) is 5.05. The molecule has 4 aromatic carbocycles. The minimum Gasteiger partial charge on any atom is -0.309 e. The van der Waals surface area contributed by atoms with Crippen molar-refractivity contribution in [1.82, 2.24) is 4.57 Å². The lowest BCUT2D eigenvalue weighted by Gasteiger charge is -2.11. The van der Waals surface area contributed by atoms with Crippen LogP contribution in [0.1, 0.15) is 0 Å². The van der Waals surface area contributed by atoms with Gasteiger partial charge in [-0.3, -0.25) is 0 Å². The number of fused-ring (bicyclic) bond motifs is 4. The first-order chi connectivity index (χ1) is 11.8. The Morgan fingerprint density at radius 3 is 2.21 bits per heavy atom. The number of hydrogen-bond donors (Lipinski definition) is 0. The van der Waals surface area contributed by atoms with E-state index in [0.717, 1.165) is 0 Å². The van der Waals surface area contributed by atoms with Crippen molar-refractivity contribution in [3.05, 3.63) is 84.9 Å². The molecule has 0 N–H and O–H groups in total. The summed E-state index contributed by atoms with van der Waals surface area (Å²) in [6.07, 6.45) is 0. The minimum absolute atomic E-state index is 1.24. The van der Waals surface area contributed by atoms with Gasteiger partial charge >= 0.3 is 0 Å². The predicted molar refractivity (Wildman–Crippen MR) is 106 cm³/mol. The molecule has 0 saturated carbocycles. The third-order valence-electron chi connectivity index (χ3n) is 4.84. The number of rotatable bonds is 1. The maximum absolute atomic E-state index is 2.40. The van der Waals surface area contributed by atoms with Crippen LogP contribution >= 0.6 is 0 Å². The zero-order valence-electron chi connectivity index (χ0n) is 13.5. The van der Waals surface area contributed by atoms with Gasteiger partial charge in [-0.05, 0) is 23.6 Å². The Bertz CT molecular complexity index is 1210. The minimum atomic E-state index is 1.24. The standard InChI is InChI=1S/C22H16BN/c23-16-12-13-19-18-9-3-4-10-21(18)24(22(19)14-16)20-11-5-7-15-6-1-2-8-17(15)20/h1-14H,23H2. The molecule has 5 aromatic rings. The van der Waals surface area contributed by atoms with E-state index in [4.69, 9.17) is 0 Å². The molecule has 5 rings (SSSR count). The summed E-state index contributed by atoms with van der Waals surface area (Å²) in [5, 5.41) is 5.17. The Morgan fingerprint density at radius 2 is 1.29 bits per heavy atom. The lowest BCUT2D eigenvalue weighted by atomic mass is 9.95. The van der Waals surface area contributed by atoms with Crippen LogP contribution < -0.4 is 5.46 Å². The summed E-state index contributed by atoms with van der Waals surface area (Å²) in [6, 6.07) is 30.6. The van der Waals surface area contributed by atoms with E-state index in [-0.39, 0.29) is 0 Å². The van der Waals surface area contributed by atoms with Gasteiger partial charge in [0, 0.05) is 16.2 Å². The number of aromatic nitrogens is 1. The Hall–Kier alpha value is -3.00. The van der Waals surface area contributed by atoms with Crippen LogP contribution in [-0.2, 0) is 0 Å². The molecule has 0 bridgehead atoms. The highest BCUT2D eigenvalue weighted by molar-refractivity contribution is 6.33. The molecule has 0 fully saturated rings. The number of para-hydroxylation sites is 1. The maximum atomic E-state index is 2.40. The average molecular weight is 305 g/mol. The first-order valence-corrected chi connectivity index (χ1v) is 8.31. The normalized spacial score (nSPS) is 11.5. The van der Waals surface area contributed by atoms with E-state index >= 15 is 0 Å². The first-order valence-electron chi connectivity index (χ1n) is 8.31. The van der Waals surface area contributed by atoms with Gasteiger partial charge in [0.25, 0.3) is 0 Å². The molecule has 112 valence electrons. The van der Waals surface area contributed by atoms with Crippen molar-refractivity contribution in [2.24, 2.45) is 0 Å². The topological polar surface area (TPSA) is 4.93 Å². The lowest BCUT2D eigenvalue weighted by Crippen LogP contribution is -2.02. The van der Waals surface area contributed by atoms with E-state index in [9.17, 15) is 0 Å². The van der Waals surface area contributed by atoms with E-state index in [1.54, 1.807) is 0 Å². The SMILES string of the molecule is Bc1ccc2c3ccccc3n(-c3cccc4ccccc34)c2c1. The second-order valence-electron chi connectivity index (χ2n) is 6.37. The average Bonchev–Trinajstić information content (AvgIpc) is 2.94. The van der Waals surface area contributed by atoms with Crippen molar-refractivity contribution in [1.29, 1.82) is 0 Å². The van der Waals surface area contributed by atoms with Crippen LogP contribution in [0.25, 0.3) is 38.3 Å². The molecule has 0 atom stereocenters.